The molecule has 0 aliphatic carbocycles. The lowest BCUT2D eigenvalue weighted by Gasteiger charge is -2.21. The molecule has 0 unspecified atom stereocenters. The molecule has 2 N–H and O–H groups in total. The van der Waals surface area contributed by atoms with E-state index in [-0.39, 0.29) is 23.2 Å². The van der Waals surface area contributed by atoms with Crippen LogP contribution in [0.1, 0.15) is 19.5 Å². The van der Waals surface area contributed by atoms with Gasteiger partial charge in [0.25, 0.3) is 0 Å². The molecule has 8 heteroatoms. The highest BCUT2D eigenvalue weighted by Crippen LogP contribution is 2.24. The number of hydrogen-bond donors (Lipinski definition) is 2. The van der Waals surface area contributed by atoms with Crippen molar-refractivity contribution in [2.24, 2.45) is 12.5 Å². The molecule has 0 fully saturated rings. The Morgan fingerprint density at radius 1 is 1.50 bits per heavy atom. The molecule has 104 valence electrons. The largest absolute Gasteiger partial charge is 0.396 e. The SMILES string of the molecule is Cc1nn(C)c(Cl)c1S(=O)(=O)NCC(C)(C)CO. The summed E-state index contributed by atoms with van der Waals surface area (Å²) in [6, 6.07) is 0. The molecule has 1 aromatic heterocycles. The van der Waals surface area contributed by atoms with E-state index in [2.05, 4.69) is 9.82 Å². The molecule has 6 nitrogen and oxygen atoms in total. The second kappa shape index (κ2) is 5.16. The van der Waals surface area contributed by atoms with Crippen LogP contribution in [0.4, 0.5) is 0 Å². The monoisotopic (exact) mass is 295 g/mol. The summed E-state index contributed by atoms with van der Waals surface area (Å²) in [4.78, 5) is -0.0135. The molecule has 0 amide bonds. The summed E-state index contributed by atoms with van der Waals surface area (Å²) in [6.45, 7) is 5.10. The Hall–Kier alpha value is -0.630. The van der Waals surface area contributed by atoms with Gasteiger partial charge in [0.1, 0.15) is 10.0 Å². The van der Waals surface area contributed by atoms with E-state index in [9.17, 15) is 8.42 Å². The fraction of sp³-hybridized carbons (Fsp3) is 0.700. The van der Waals surface area contributed by atoms with E-state index in [4.69, 9.17) is 16.7 Å². The van der Waals surface area contributed by atoms with Crippen LogP contribution in [0.25, 0.3) is 0 Å². The lowest BCUT2D eigenvalue weighted by atomic mass is 9.96. The van der Waals surface area contributed by atoms with Gasteiger partial charge in [-0.1, -0.05) is 25.4 Å². The standard InChI is InChI=1S/C10H18ClN3O3S/c1-7-8(9(11)14(4)13-7)18(16,17)12-5-10(2,3)6-15/h12,15H,5-6H2,1-4H3. The van der Waals surface area contributed by atoms with Gasteiger partial charge in [-0.25, -0.2) is 13.1 Å². The van der Waals surface area contributed by atoms with E-state index in [0.29, 0.717) is 5.69 Å². The highest BCUT2D eigenvalue weighted by Gasteiger charge is 2.27. The number of aliphatic hydroxyl groups excluding tert-OH is 1. The lowest BCUT2D eigenvalue weighted by molar-refractivity contribution is 0.163. The third-order valence-corrected chi connectivity index (χ3v) is 4.63. The first-order chi connectivity index (χ1) is 8.10. The predicted octanol–water partition coefficient (Wildman–Crippen LogP) is 0.679. The zero-order valence-corrected chi connectivity index (χ0v) is 12.4. The van der Waals surface area contributed by atoms with Crippen LogP contribution in [0.3, 0.4) is 0 Å². The second-order valence-electron chi connectivity index (χ2n) is 4.98. The van der Waals surface area contributed by atoms with Crippen LogP contribution in [0, 0.1) is 12.3 Å². The molecule has 0 radical (unpaired) electrons. The van der Waals surface area contributed by atoms with E-state index < -0.39 is 15.4 Å². The lowest BCUT2D eigenvalue weighted by Crippen LogP contribution is -2.36. The van der Waals surface area contributed by atoms with Crippen molar-refractivity contribution in [2.75, 3.05) is 13.2 Å². The predicted molar refractivity (Wildman–Crippen MR) is 69.0 cm³/mol. The average molecular weight is 296 g/mol. The summed E-state index contributed by atoms with van der Waals surface area (Å²) in [5, 5.41) is 13.1. The average Bonchev–Trinajstić information content (AvgIpc) is 2.51. The van der Waals surface area contributed by atoms with Crippen molar-refractivity contribution in [1.82, 2.24) is 14.5 Å². The molecule has 0 saturated carbocycles. The maximum Gasteiger partial charge on any atom is 0.245 e. The molecule has 1 rings (SSSR count). The molecular formula is C10H18ClN3O3S. The van der Waals surface area contributed by atoms with E-state index in [1.54, 1.807) is 27.8 Å². The molecule has 0 saturated heterocycles. The number of rotatable bonds is 5. The van der Waals surface area contributed by atoms with Gasteiger partial charge in [0, 0.05) is 25.6 Å². The number of nitrogens with zero attached hydrogens (tertiary/aromatic N) is 2. The third-order valence-electron chi connectivity index (χ3n) is 2.54. The van der Waals surface area contributed by atoms with Gasteiger partial charge < -0.3 is 5.11 Å². The van der Waals surface area contributed by atoms with Gasteiger partial charge in [-0.05, 0) is 6.92 Å². The molecule has 0 aromatic carbocycles. The van der Waals surface area contributed by atoms with E-state index in [1.807, 2.05) is 0 Å². The topological polar surface area (TPSA) is 84.2 Å². The van der Waals surface area contributed by atoms with Crippen LogP contribution in [0.5, 0.6) is 0 Å². The summed E-state index contributed by atoms with van der Waals surface area (Å²) in [7, 11) is -2.15. The minimum atomic E-state index is -3.72. The summed E-state index contributed by atoms with van der Waals surface area (Å²) in [5.41, 5.74) is -0.188. The molecule has 18 heavy (non-hydrogen) atoms. The Bertz CT molecular complexity index is 537. The first-order valence-corrected chi connectivity index (χ1v) is 7.26. The van der Waals surface area contributed by atoms with E-state index in [0.717, 1.165) is 0 Å². The minimum absolute atomic E-state index is 0.0135. The maximum absolute atomic E-state index is 12.1. The Balaban J connectivity index is 3.01. The van der Waals surface area contributed by atoms with Gasteiger partial charge >= 0.3 is 0 Å². The maximum atomic E-state index is 12.1. The zero-order chi connectivity index (χ0) is 14.1. The number of halogens is 1. The van der Waals surface area contributed by atoms with Crippen molar-refractivity contribution in [1.29, 1.82) is 0 Å². The Morgan fingerprint density at radius 3 is 2.44 bits per heavy atom. The number of sulfonamides is 1. The van der Waals surface area contributed by atoms with Crippen LogP contribution >= 0.6 is 11.6 Å². The van der Waals surface area contributed by atoms with Crippen molar-refractivity contribution in [2.45, 2.75) is 25.7 Å². The molecule has 1 aromatic rings. The van der Waals surface area contributed by atoms with Gasteiger partial charge in [0.2, 0.25) is 10.0 Å². The van der Waals surface area contributed by atoms with E-state index in [1.165, 1.54) is 4.68 Å². The smallest absolute Gasteiger partial charge is 0.245 e. The van der Waals surface area contributed by atoms with Crippen molar-refractivity contribution in [3.8, 4) is 0 Å². The highest BCUT2D eigenvalue weighted by molar-refractivity contribution is 7.89. The third kappa shape index (κ3) is 3.23. The number of hydrogen-bond acceptors (Lipinski definition) is 4. The van der Waals surface area contributed by atoms with Crippen molar-refractivity contribution in [3.05, 3.63) is 10.8 Å². The number of nitrogens with one attached hydrogen (secondary N) is 1. The Morgan fingerprint density at radius 2 is 2.06 bits per heavy atom. The molecule has 0 aliphatic heterocycles. The molecule has 1 heterocycles. The Labute approximate surface area is 112 Å². The first kappa shape index (κ1) is 15.4. The summed E-state index contributed by atoms with van der Waals surface area (Å²) in [5.74, 6) is 0. The van der Waals surface area contributed by atoms with Crippen LogP contribution in [0.15, 0.2) is 4.90 Å². The van der Waals surface area contributed by atoms with Gasteiger partial charge in [-0.3, -0.25) is 4.68 Å². The molecule has 0 aliphatic rings. The minimum Gasteiger partial charge on any atom is -0.396 e. The molecule has 0 atom stereocenters. The number of aromatic nitrogens is 2. The van der Waals surface area contributed by atoms with Crippen LogP contribution in [-0.2, 0) is 17.1 Å². The summed E-state index contributed by atoms with van der Waals surface area (Å²) < 4.78 is 28.0. The molecular weight excluding hydrogens is 278 g/mol. The van der Waals surface area contributed by atoms with Crippen molar-refractivity contribution in [3.63, 3.8) is 0 Å². The highest BCUT2D eigenvalue weighted by atomic mass is 35.5. The first-order valence-electron chi connectivity index (χ1n) is 5.40. The van der Waals surface area contributed by atoms with Crippen LogP contribution < -0.4 is 4.72 Å². The van der Waals surface area contributed by atoms with Gasteiger partial charge in [0.05, 0.1) is 5.69 Å². The van der Waals surface area contributed by atoms with Crippen molar-refractivity contribution < 1.29 is 13.5 Å². The fourth-order valence-electron chi connectivity index (χ4n) is 1.33. The van der Waals surface area contributed by atoms with Crippen molar-refractivity contribution >= 4 is 21.6 Å². The van der Waals surface area contributed by atoms with Crippen LogP contribution in [-0.4, -0.2) is 36.5 Å². The van der Waals surface area contributed by atoms with Gasteiger partial charge in [-0.15, -0.1) is 0 Å². The normalized spacial score (nSPS) is 13.0. The zero-order valence-electron chi connectivity index (χ0n) is 10.9. The van der Waals surface area contributed by atoms with Crippen LogP contribution in [0.2, 0.25) is 5.15 Å². The van der Waals surface area contributed by atoms with Gasteiger partial charge in [-0.2, -0.15) is 5.10 Å². The summed E-state index contributed by atoms with van der Waals surface area (Å²) in [6.07, 6.45) is 0. The summed E-state index contributed by atoms with van der Waals surface area (Å²) >= 11 is 5.91. The quantitative estimate of drug-likeness (QED) is 0.836. The molecule has 0 bridgehead atoms. The Kier molecular flexibility index (Phi) is 4.42. The van der Waals surface area contributed by atoms with Gasteiger partial charge in [0.15, 0.2) is 0 Å². The van der Waals surface area contributed by atoms with E-state index >= 15 is 0 Å². The number of aliphatic hydroxyl groups is 1. The second-order valence-corrected chi connectivity index (χ2v) is 7.04. The fourth-order valence-corrected chi connectivity index (χ4v) is 3.32. The number of aryl methyl sites for hydroxylation is 2. The molecule has 0 spiro atoms.